The zero-order valence-electron chi connectivity index (χ0n) is 12.8. The van der Waals surface area contributed by atoms with E-state index < -0.39 is 0 Å². The Morgan fingerprint density at radius 3 is 2.90 bits per heavy atom. The summed E-state index contributed by atoms with van der Waals surface area (Å²) in [6, 6.07) is 10.5. The third kappa shape index (κ3) is 5.37. The number of rotatable bonds is 7. The molecular formula is C17H25N3O. The number of nitrogens with zero attached hydrogens (tertiary/aromatic N) is 2. The number of ether oxygens (including phenoxy) is 1. The fourth-order valence-electron chi connectivity index (χ4n) is 2.77. The Bertz CT molecular complexity index is 463. The highest BCUT2D eigenvalue weighted by Gasteiger charge is 2.15. The van der Waals surface area contributed by atoms with Gasteiger partial charge in [0.2, 0.25) is 0 Å². The van der Waals surface area contributed by atoms with Gasteiger partial charge in [-0.05, 0) is 50.6 Å². The maximum atomic E-state index is 8.53. The fourth-order valence-corrected chi connectivity index (χ4v) is 2.77. The second-order valence-electron chi connectivity index (χ2n) is 5.67. The van der Waals surface area contributed by atoms with Crippen molar-refractivity contribution in [2.24, 2.45) is 0 Å². The lowest BCUT2D eigenvalue weighted by atomic mass is 10.1. The van der Waals surface area contributed by atoms with Crippen LogP contribution in [0.15, 0.2) is 24.3 Å². The highest BCUT2D eigenvalue weighted by molar-refractivity contribution is 5.28. The molecule has 1 fully saturated rings. The van der Waals surface area contributed by atoms with Crippen LogP contribution in [0.4, 0.5) is 0 Å². The van der Waals surface area contributed by atoms with E-state index in [1.54, 1.807) is 0 Å². The lowest BCUT2D eigenvalue weighted by Crippen LogP contribution is -2.42. The van der Waals surface area contributed by atoms with E-state index in [4.69, 9.17) is 10.00 Å². The fraction of sp³-hybridized carbons (Fsp3) is 0.588. The van der Waals surface area contributed by atoms with Crippen LogP contribution in [0.2, 0.25) is 0 Å². The van der Waals surface area contributed by atoms with Crippen LogP contribution in [0.3, 0.4) is 0 Å². The molecule has 1 aromatic rings. The molecule has 21 heavy (non-hydrogen) atoms. The number of likely N-dealkylation sites (tertiary alicyclic amines) is 1. The van der Waals surface area contributed by atoms with Crippen molar-refractivity contribution >= 4 is 0 Å². The van der Waals surface area contributed by atoms with Crippen LogP contribution < -0.4 is 10.1 Å². The summed E-state index contributed by atoms with van der Waals surface area (Å²) >= 11 is 0. The molecule has 1 atom stereocenters. The first kappa shape index (κ1) is 15.8. The van der Waals surface area contributed by atoms with E-state index in [1.807, 2.05) is 24.3 Å². The van der Waals surface area contributed by atoms with Gasteiger partial charge in [-0.3, -0.25) is 4.90 Å². The average molecular weight is 287 g/mol. The third-order valence-electron chi connectivity index (χ3n) is 3.98. The van der Waals surface area contributed by atoms with Gasteiger partial charge in [-0.1, -0.05) is 18.6 Å². The van der Waals surface area contributed by atoms with E-state index >= 15 is 0 Å². The van der Waals surface area contributed by atoms with Gasteiger partial charge >= 0.3 is 0 Å². The van der Waals surface area contributed by atoms with E-state index in [9.17, 15) is 0 Å². The highest BCUT2D eigenvalue weighted by atomic mass is 16.5. The Morgan fingerprint density at radius 1 is 1.33 bits per heavy atom. The Hall–Kier alpha value is -1.57. The Morgan fingerprint density at radius 2 is 2.14 bits per heavy atom. The molecule has 1 heterocycles. The van der Waals surface area contributed by atoms with Crippen molar-refractivity contribution in [3.63, 3.8) is 0 Å². The molecule has 4 nitrogen and oxygen atoms in total. The summed E-state index contributed by atoms with van der Waals surface area (Å²) in [4.78, 5) is 2.57. The Balaban J connectivity index is 1.73. The minimum atomic E-state index is 0.100. The van der Waals surface area contributed by atoms with Crippen molar-refractivity contribution in [3.05, 3.63) is 29.8 Å². The third-order valence-corrected chi connectivity index (χ3v) is 3.98. The summed E-state index contributed by atoms with van der Waals surface area (Å²) in [5, 5.41) is 12.1. The summed E-state index contributed by atoms with van der Waals surface area (Å²) in [6.45, 7) is 6.71. The molecule has 1 aliphatic heterocycles. The molecule has 0 radical (unpaired) electrons. The molecule has 0 bridgehead atoms. The summed E-state index contributed by atoms with van der Waals surface area (Å²) in [5.74, 6) is 0.764. The standard InChI is InChI=1S/C17H25N3O/c1-15(20-9-3-2-4-10-20)13-19-14-16-6-5-7-17(12-16)21-11-8-18/h5-7,12,15,19H,2-4,9-11,13-14H2,1H3. The summed E-state index contributed by atoms with van der Waals surface area (Å²) in [6.07, 6.45) is 4.05. The van der Waals surface area contributed by atoms with Crippen molar-refractivity contribution in [3.8, 4) is 11.8 Å². The molecule has 1 saturated heterocycles. The van der Waals surface area contributed by atoms with Crippen LogP contribution in [-0.2, 0) is 6.54 Å². The lowest BCUT2D eigenvalue weighted by Gasteiger charge is -2.32. The number of benzene rings is 1. The van der Waals surface area contributed by atoms with Gasteiger partial charge in [0.05, 0.1) is 0 Å². The van der Waals surface area contributed by atoms with Crippen LogP contribution >= 0.6 is 0 Å². The molecule has 0 aliphatic carbocycles. The van der Waals surface area contributed by atoms with Crippen molar-refractivity contribution in [1.82, 2.24) is 10.2 Å². The summed E-state index contributed by atoms with van der Waals surface area (Å²) < 4.78 is 5.32. The van der Waals surface area contributed by atoms with Crippen LogP contribution in [0.5, 0.6) is 5.75 Å². The molecule has 0 amide bonds. The average Bonchev–Trinajstić information content (AvgIpc) is 2.54. The molecule has 114 valence electrons. The molecule has 4 heteroatoms. The van der Waals surface area contributed by atoms with Crippen LogP contribution in [-0.4, -0.2) is 37.2 Å². The molecular weight excluding hydrogens is 262 g/mol. The van der Waals surface area contributed by atoms with Gasteiger partial charge in [0.1, 0.15) is 11.8 Å². The minimum Gasteiger partial charge on any atom is -0.479 e. The lowest BCUT2D eigenvalue weighted by molar-refractivity contribution is 0.170. The number of hydrogen-bond donors (Lipinski definition) is 1. The number of nitrogens with one attached hydrogen (secondary N) is 1. The Kier molecular flexibility index (Phi) is 6.52. The van der Waals surface area contributed by atoms with Gasteiger partial charge in [-0.25, -0.2) is 0 Å². The van der Waals surface area contributed by atoms with Crippen LogP contribution in [0.1, 0.15) is 31.7 Å². The molecule has 0 saturated carbocycles. The first-order valence-corrected chi connectivity index (χ1v) is 7.83. The summed E-state index contributed by atoms with van der Waals surface area (Å²) in [5.41, 5.74) is 1.19. The smallest absolute Gasteiger partial charge is 0.174 e. The first-order chi connectivity index (χ1) is 10.3. The SMILES string of the molecule is CC(CNCc1cccc(OCC#N)c1)N1CCCCC1. The van der Waals surface area contributed by atoms with E-state index in [1.165, 1.54) is 37.9 Å². The summed E-state index contributed by atoms with van der Waals surface area (Å²) in [7, 11) is 0. The maximum absolute atomic E-state index is 8.53. The predicted octanol–water partition coefficient (Wildman–Crippen LogP) is 2.55. The van der Waals surface area contributed by atoms with Crippen molar-refractivity contribution in [1.29, 1.82) is 5.26 Å². The van der Waals surface area contributed by atoms with Crippen LogP contribution in [0, 0.1) is 11.3 Å². The number of nitriles is 1. The predicted molar refractivity (Wildman–Crippen MR) is 84.1 cm³/mol. The molecule has 1 aromatic carbocycles. The highest BCUT2D eigenvalue weighted by Crippen LogP contribution is 2.14. The van der Waals surface area contributed by atoms with E-state index in [2.05, 4.69) is 23.2 Å². The monoisotopic (exact) mass is 287 g/mol. The van der Waals surface area contributed by atoms with Gasteiger partial charge in [-0.15, -0.1) is 0 Å². The molecule has 2 rings (SSSR count). The minimum absolute atomic E-state index is 0.100. The zero-order chi connectivity index (χ0) is 14.9. The quantitative estimate of drug-likeness (QED) is 0.837. The van der Waals surface area contributed by atoms with Crippen LogP contribution in [0.25, 0.3) is 0 Å². The molecule has 1 unspecified atom stereocenters. The van der Waals surface area contributed by atoms with E-state index in [0.717, 1.165) is 18.8 Å². The Labute approximate surface area is 127 Å². The van der Waals surface area contributed by atoms with E-state index in [-0.39, 0.29) is 6.61 Å². The van der Waals surface area contributed by atoms with Gasteiger partial charge in [0.15, 0.2) is 6.61 Å². The zero-order valence-corrected chi connectivity index (χ0v) is 12.8. The van der Waals surface area contributed by atoms with Gasteiger partial charge in [-0.2, -0.15) is 5.26 Å². The number of hydrogen-bond acceptors (Lipinski definition) is 4. The van der Waals surface area contributed by atoms with Crippen molar-refractivity contribution in [2.45, 2.75) is 38.8 Å². The maximum Gasteiger partial charge on any atom is 0.174 e. The normalized spacial score (nSPS) is 17.1. The van der Waals surface area contributed by atoms with Gasteiger partial charge < -0.3 is 10.1 Å². The number of piperidine rings is 1. The van der Waals surface area contributed by atoms with Crippen molar-refractivity contribution in [2.75, 3.05) is 26.2 Å². The van der Waals surface area contributed by atoms with E-state index in [0.29, 0.717) is 6.04 Å². The molecule has 1 aliphatic rings. The largest absolute Gasteiger partial charge is 0.479 e. The molecule has 0 spiro atoms. The first-order valence-electron chi connectivity index (χ1n) is 7.83. The topological polar surface area (TPSA) is 48.3 Å². The molecule has 0 aromatic heterocycles. The van der Waals surface area contributed by atoms with Gasteiger partial charge in [0.25, 0.3) is 0 Å². The van der Waals surface area contributed by atoms with Gasteiger partial charge in [0, 0.05) is 19.1 Å². The molecule has 1 N–H and O–H groups in total. The van der Waals surface area contributed by atoms with Crippen molar-refractivity contribution < 1.29 is 4.74 Å². The second kappa shape index (κ2) is 8.66. The second-order valence-corrected chi connectivity index (χ2v) is 5.67.